The molecule has 0 radical (unpaired) electrons. The molecule has 1 aromatic carbocycles. The van der Waals surface area contributed by atoms with E-state index in [1.54, 1.807) is 0 Å². The first-order valence-electron chi connectivity index (χ1n) is 8.68. The molecule has 0 amide bonds. The number of fused-ring (bicyclic) bond motifs is 1. The number of nitrogens with one attached hydrogen (secondary N) is 1. The van der Waals surface area contributed by atoms with Gasteiger partial charge in [-0.2, -0.15) is 0 Å². The first kappa shape index (κ1) is 18.2. The number of rotatable bonds is 3. The maximum atomic E-state index is 4.85. The Hall–Kier alpha value is -1.64. The Kier molecular flexibility index (Phi) is 5.61. The van der Waals surface area contributed by atoms with Crippen LogP contribution >= 0.6 is 24.0 Å². The van der Waals surface area contributed by atoms with Crippen LogP contribution < -0.4 is 5.32 Å². The Morgan fingerprint density at radius 2 is 2.00 bits per heavy atom. The quantitative estimate of drug-likeness (QED) is 0.442. The Morgan fingerprint density at radius 3 is 2.68 bits per heavy atom. The standard InChI is InChI=1S/C18H24N6.HI/c1-13-21-22-17(23(13)2)11-19-18(20-16-7-8-16)24-10-9-14-5-3-4-6-15(14)12-24;/h3-6,16H,7-12H2,1-2H3,(H,19,20);1H. The topological polar surface area (TPSA) is 58.3 Å². The fourth-order valence-electron chi connectivity index (χ4n) is 3.06. The molecule has 0 atom stereocenters. The third-order valence-corrected chi connectivity index (χ3v) is 4.89. The molecule has 0 unspecified atom stereocenters. The molecule has 1 aliphatic heterocycles. The third-order valence-electron chi connectivity index (χ3n) is 4.89. The number of aromatic nitrogens is 3. The van der Waals surface area contributed by atoms with Gasteiger partial charge in [-0.15, -0.1) is 34.2 Å². The van der Waals surface area contributed by atoms with Gasteiger partial charge in [-0.25, -0.2) is 4.99 Å². The summed E-state index contributed by atoms with van der Waals surface area (Å²) in [7, 11) is 1.99. The monoisotopic (exact) mass is 452 g/mol. The number of halogens is 1. The van der Waals surface area contributed by atoms with E-state index in [-0.39, 0.29) is 24.0 Å². The summed E-state index contributed by atoms with van der Waals surface area (Å²) in [5.74, 6) is 2.83. The highest BCUT2D eigenvalue weighted by Gasteiger charge is 2.26. The Bertz CT molecular complexity index is 765. The van der Waals surface area contributed by atoms with Gasteiger partial charge in [-0.3, -0.25) is 0 Å². The molecule has 7 heteroatoms. The van der Waals surface area contributed by atoms with E-state index >= 15 is 0 Å². The zero-order chi connectivity index (χ0) is 16.5. The second-order valence-electron chi connectivity index (χ2n) is 6.72. The fraction of sp³-hybridized carbons (Fsp3) is 0.500. The molecule has 0 bridgehead atoms. The van der Waals surface area contributed by atoms with Crippen molar-refractivity contribution in [3.05, 3.63) is 47.0 Å². The van der Waals surface area contributed by atoms with E-state index in [1.807, 2.05) is 18.5 Å². The lowest BCUT2D eigenvalue weighted by Gasteiger charge is -2.32. The molecule has 1 aromatic heterocycles. The lowest BCUT2D eigenvalue weighted by atomic mass is 10.0. The van der Waals surface area contributed by atoms with Gasteiger partial charge in [-0.1, -0.05) is 24.3 Å². The van der Waals surface area contributed by atoms with E-state index in [4.69, 9.17) is 4.99 Å². The highest BCUT2D eigenvalue weighted by molar-refractivity contribution is 14.0. The van der Waals surface area contributed by atoms with Crippen molar-refractivity contribution in [2.24, 2.45) is 12.0 Å². The smallest absolute Gasteiger partial charge is 0.194 e. The Balaban J connectivity index is 0.00000182. The highest BCUT2D eigenvalue weighted by atomic mass is 127. The van der Waals surface area contributed by atoms with Crippen molar-refractivity contribution < 1.29 is 0 Å². The van der Waals surface area contributed by atoms with Crippen molar-refractivity contribution in [2.75, 3.05) is 6.54 Å². The van der Waals surface area contributed by atoms with Crippen molar-refractivity contribution in [3.8, 4) is 0 Å². The zero-order valence-electron chi connectivity index (χ0n) is 14.8. The summed E-state index contributed by atoms with van der Waals surface area (Å²) in [6, 6.07) is 9.29. The second kappa shape index (κ2) is 7.72. The van der Waals surface area contributed by atoms with Crippen LogP contribution in [0.1, 0.15) is 35.6 Å². The number of aryl methyl sites for hydroxylation is 1. The van der Waals surface area contributed by atoms with Crippen LogP contribution in [0.3, 0.4) is 0 Å². The number of hydrogen-bond acceptors (Lipinski definition) is 3. The summed E-state index contributed by atoms with van der Waals surface area (Å²) < 4.78 is 2.00. The predicted molar refractivity (Wildman–Crippen MR) is 109 cm³/mol. The summed E-state index contributed by atoms with van der Waals surface area (Å²) in [5, 5.41) is 11.9. The van der Waals surface area contributed by atoms with Crippen molar-refractivity contribution in [2.45, 2.75) is 45.3 Å². The summed E-state index contributed by atoms with van der Waals surface area (Å²) in [4.78, 5) is 7.22. The van der Waals surface area contributed by atoms with Gasteiger partial charge in [0, 0.05) is 26.2 Å². The van der Waals surface area contributed by atoms with E-state index in [2.05, 4.69) is 44.7 Å². The van der Waals surface area contributed by atoms with Crippen LogP contribution in [0, 0.1) is 6.92 Å². The molecule has 0 spiro atoms. The average molecular weight is 452 g/mol. The average Bonchev–Trinajstić information content (AvgIpc) is 3.38. The normalized spacial score (nSPS) is 17.0. The summed E-state index contributed by atoms with van der Waals surface area (Å²) in [6.45, 7) is 4.45. The van der Waals surface area contributed by atoms with Gasteiger partial charge in [0.05, 0.1) is 0 Å². The fourth-order valence-corrected chi connectivity index (χ4v) is 3.06. The molecular formula is C18H25IN6. The lowest BCUT2D eigenvalue weighted by Crippen LogP contribution is -2.45. The molecule has 2 heterocycles. The SMILES string of the molecule is Cc1nnc(CN=C(NC2CC2)N2CCc3ccccc3C2)n1C.I. The zero-order valence-corrected chi connectivity index (χ0v) is 17.1. The van der Waals surface area contributed by atoms with E-state index in [1.165, 1.54) is 24.0 Å². The van der Waals surface area contributed by atoms with Gasteiger partial charge in [0.1, 0.15) is 12.4 Å². The van der Waals surface area contributed by atoms with Crippen LogP contribution in [0.2, 0.25) is 0 Å². The maximum absolute atomic E-state index is 4.85. The largest absolute Gasteiger partial charge is 0.353 e. The highest BCUT2D eigenvalue weighted by Crippen LogP contribution is 2.22. The summed E-state index contributed by atoms with van der Waals surface area (Å²) in [5.41, 5.74) is 2.87. The van der Waals surface area contributed by atoms with Crippen LogP contribution in [-0.4, -0.2) is 38.2 Å². The molecule has 2 aromatic rings. The van der Waals surface area contributed by atoms with Gasteiger partial charge in [0.2, 0.25) is 0 Å². The second-order valence-corrected chi connectivity index (χ2v) is 6.72. The van der Waals surface area contributed by atoms with Crippen molar-refractivity contribution in [1.82, 2.24) is 25.0 Å². The van der Waals surface area contributed by atoms with E-state index in [0.717, 1.165) is 37.1 Å². The van der Waals surface area contributed by atoms with Crippen molar-refractivity contribution >= 4 is 29.9 Å². The minimum Gasteiger partial charge on any atom is -0.353 e. The number of nitrogens with zero attached hydrogens (tertiary/aromatic N) is 5. The van der Waals surface area contributed by atoms with Gasteiger partial charge in [-0.05, 0) is 37.3 Å². The lowest BCUT2D eigenvalue weighted by molar-refractivity contribution is 0.377. The number of guanidine groups is 1. The minimum atomic E-state index is 0. The Labute approximate surface area is 165 Å². The van der Waals surface area contributed by atoms with Gasteiger partial charge in [0.25, 0.3) is 0 Å². The van der Waals surface area contributed by atoms with Crippen LogP contribution in [0.5, 0.6) is 0 Å². The molecule has 4 rings (SSSR count). The maximum Gasteiger partial charge on any atom is 0.194 e. The predicted octanol–water partition coefficient (Wildman–Crippen LogP) is 2.41. The first-order valence-corrected chi connectivity index (χ1v) is 8.68. The van der Waals surface area contributed by atoms with Crippen LogP contribution in [-0.2, 0) is 26.6 Å². The molecule has 6 nitrogen and oxygen atoms in total. The first-order chi connectivity index (χ1) is 11.7. The van der Waals surface area contributed by atoms with Crippen LogP contribution in [0.25, 0.3) is 0 Å². The van der Waals surface area contributed by atoms with Crippen LogP contribution in [0.15, 0.2) is 29.3 Å². The van der Waals surface area contributed by atoms with E-state index < -0.39 is 0 Å². The summed E-state index contributed by atoms with van der Waals surface area (Å²) >= 11 is 0. The molecule has 1 aliphatic carbocycles. The molecule has 1 N–H and O–H groups in total. The van der Waals surface area contributed by atoms with Gasteiger partial charge >= 0.3 is 0 Å². The molecule has 2 aliphatic rings. The molecular weight excluding hydrogens is 427 g/mol. The van der Waals surface area contributed by atoms with E-state index in [0.29, 0.717) is 12.6 Å². The van der Waals surface area contributed by atoms with Crippen LogP contribution in [0.4, 0.5) is 0 Å². The summed E-state index contributed by atoms with van der Waals surface area (Å²) in [6.07, 6.45) is 3.56. The third kappa shape index (κ3) is 4.13. The molecule has 1 saturated carbocycles. The molecule has 1 fully saturated rings. The van der Waals surface area contributed by atoms with Gasteiger partial charge in [0.15, 0.2) is 11.8 Å². The number of benzene rings is 1. The molecule has 25 heavy (non-hydrogen) atoms. The van der Waals surface area contributed by atoms with Crippen molar-refractivity contribution in [1.29, 1.82) is 0 Å². The number of aliphatic imine (C=N–C) groups is 1. The Morgan fingerprint density at radius 1 is 1.24 bits per heavy atom. The minimum absolute atomic E-state index is 0. The number of hydrogen-bond donors (Lipinski definition) is 1. The molecule has 134 valence electrons. The van der Waals surface area contributed by atoms with E-state index in [9.17, 15) is 0 Å². The molecule has 0 saturated heterocycles. The van der Waals surface area contributed by atoms with Gasteiger partial charge < -0.3 is 14.8 Å². The van der Waals surface area contributed by atoms with Crippen molar-refractivity contribution in [3.63, 3.8) is 0 Å².